The lowest BCUT2D eigenvalue weighted by molar-refractivity contribution is 0.303. The van der Waals surface area contributed by atoms with Gasteiger partial charge in [0, 0.05) is 6.61 Å². The van der Waals surface area contributed by atoms with Crippen molar-refractivity contribution in [1.82, 2.24) is 0 Å². The average molecular weight is 240 g/mol. The second-order valence-corrected chi connectivity index (χ2v) is 3.90. The van der Waals surface area contributed by atoms with Crippen LogP contribution in [0, 0.1) is 0 Å². The Morgan fingerprint density at radius 1 is 0.889 bits per heavy atom. The first-order valence-corrected chi connectivity index (χ1v) is 5.99. The Hall–Kier alpha value is -2.06. The van der Waals surface area contributed by atoms with E-state index in [1.54, 1.807) is 0 Å². The molecule has 0 fully saturated rings. The quantitative estimate of drug-likeness (QED) is 0.859. The molecule has 2 heteroatoms. The van der Waals surface area contributed by atoms with E-state index in [4.69, 9.17) is 9.84 Å². The number of benzene rings is 2. The molecule has 2 nitrogen and oxygen atoms in total. The molecular weight excluding hydrogens is 224 g/mol. The Morgan fingerprint density at radius 3 is 2.22 bits per heavy atom. The monoisotopic (exact) mass is 240 g/mol. The van der Waals surface area contributed by atoms with E-state index in [1.165, 1.54) is 0 Å². The van der Waals surface area contributed by atoms with E-state index in [-0.39, 0.29) is 6.61 Å². The maximum atomic E-state index is 8.68. The smallest absolute Gasteiger partial charge is 0.127 e. The van der Waals surface area contributed by atoms with Gasteiger partial charge < -0.3 is 9.84 Å². The van der Waals surface area contributed by atoms with Crippen LogP contribution in [0.3, 0.4) is 0 Å². The van der Waals surface area contributed by atoms with Crippen LogP contribution in [0.2, 0.25) is 0 Å². The molecule has 0 amide bonds. The molecular formula is C16H16O2. The second kappa shape index (κ2) is 6.62. The summed E-state index contributed by atoms with van der Waals surface area (Å²) in [5.41, 5.74) is 1.10. The Balaban J connectivity index is 2.00. The van der Waals surface area contributed by atoms with Gasteiger partial charge >= 0.3 is 0 Å². The van der Waals surface area contributed by atoms with Crippen molar-refractivity contribution in [3.05, 3.63) is 66.2 Å². The third-order valence-electron chi connectivity index (χ3n) is 2.47. The minimum absolute atomic E-state index is 0.186. The largest absolute Gasteiger partial charge is 0.457 e. The summed E-state index contributed by atoms with van der Waals surface area (Å²) in [7, 11) is 0. The summed E-state index contributed by atoms with van der Waals surface area (Å²) in [5.74, 6) is 1.65. The number of aliphatic hydroxyl groups is 1. The summed E-state index contributed by atoms with van der Waals surface area (Å²) in [4.78, 5) is 0. The van der Waals surface area contributed by atoms with Crippen molar-refractivity contribution in [3.63, 3.8) is 0 Å². The summed E-state index contributed by atoms with van der Waals surface area (Å²) >= 11 is 0. The molecule has 0 unspecified atom stereocenters. The molecule has 0 heterocycles. The maximum Gasteiger partial charge on any atom is 0.127 e. The van der Waals surface area contributed by atoms with Gasteiger partial charge in [-0.15, -0.1) is 0 Å². The number of hydrogen-bond acceptors (Lipinski definition) is 2. The van der Waals surface area contributed by atoms with Crippen LogP contribution < -0.4 is 4.74 Å². The van der Waals surface area contributed by atoms with Crippen LogP contribution in [0.4, 0.5) is 0 Å². The molecule has 0 saturated heterocycles. The summed E-state index contributed by atoms with van der Waals surface area (Å²) in [5, 5.41) is 8.68. The fourth-order valence-corrected chi connectivity index (χ4v) is 1.57. The molecule has 0 spiro atoms. The van der Waals surface area contributed by atoms with Gasteiger partial charge in [-0.1, -0.05) is 42.5 Å². The van der Waals surface area contributed by atoms with Crippen molar-refractivity contribution >= 4 is 6.08 Å². The van der Waals surface area contributed by atoms with Crippen molar-refractivity contribution in [3.8, 4) is 11.5 Å². The van der Waals surface area contributed by atoms with Gasteiger partial charge in [-0.05, 0) is 36.2 Å². The number of ether oxygens (including phenoxy) is 1. The standard InChI is InChI=1S/C16H16O2/c17-13-5-4-6-14-9-11-16(12-10-14)18-15-7-2-1-3-8-15/h1-4,6-12,17H,5,13H2/b6-4+. The Morgan fingerprint density at radius 2 is 1.56 bits per heavy atom. The fourth-order valence-electron chi connectivity index (χ4n) is 1.57. The summed E-state index contributed by atoms with van der Waals surface area (Å²) in [6.07, 6.45) is 4.62. The molecule has 2 rings (SSSR count). The third-order valence-corrected chi connectivity index (χ3v) is 2.47. The first-order valence-electron chi connectivity index (χ1n) is 5.99. The minimum atomic E-state index is 0.186. The highest BCUT2D eigenvalue weighted by Crippen LogP contribution is 2.21. The van der Waals surface area contributed by atoms with Gasteiger partial charge in [0.2, 0.25) is 0 Å². The van der Waals surface area contributed by atoms with E-state index in [0.717, 1.165) is 17.1 Å². The Bertz CT molecular complexity index is 486. The van der Waals surface area contributed by atoms with Gasteiger partial charge in [0.1, 0.15) is 11.5 Å². The van der Waals surface area contributed by atoms with Crippen molar-refractivity contribution in [2.45, 2.75) is 6.42 Å². The highest BCUT2D eigenvalue weighted by molar-refractivity contribution is 5.50. The molecule has 0 bridgehead atoms. The molecule has 2 aromatic carbocycles. The Labute approximate surface area is 107 Å². The molecule has 92 valence electrons. The molecule has 0 atom stereocenters. The maximum absolute atomic E-state index is 8.68. The van der Waals surface area contributed by atoms with Crippen LogP contribution in [0.25, 0.3) is 6.08 Å². The van der Waals surface area contributed by atoms with Crippen molar-refractivity contribution in [2.24, 2.45) is 0 Å². The van der Waals surface area contributed by atoms with Gasteiger partial charge in [-0.3, -0.25) is 0 Å². The fraction of sp³-hybridized carbons (Fsp3) is 0.125. The van der Waals surface area contributed by atoms with Gasteiger partial charge in [0.25, 0.3) is 0 Å². The minimum Gasteiger partial charge on any atom is -0.457 e. The molecule has 0 aliphatic heterocycles. The van der Waals surface area contributed by atoms with Crippen molar-refractivity contribution in [1.29, 1.82) is 0 Å². The lowest BCUT2D eigenvalue weighted by atomic mass is 10.2. The topological polar surface area (TPSA) is 29.5 Å². The van der Waals surface area contributed by atoms with Crippen molar-refractivity contribution in [2.75, 3.05) is 6.61 Å². The van der Waals surface area contributed by atoms with Crippen LogP contribution >= 0.6 is 0 Å². The zero-order valence-corrected chi connectivity index (χ0v) is 10.1. The van der Waals surface area contributed by atoms with Crippen molar-refractivity contribution < 1.29 is 9.84 Å². The van der Waals surface area contributed by atoms with Gasteiger partial charge in [0.15, 0.2) is 0 Å². The lowest BCUT2D eigenvalue weighted by Gasteiger charge is -2.05. The van der Waals surface area contributed by atoms with Crippen LogP contribution in [-0.2, 0) is 0 Å². The Kier molecular flexibility index (Phi) is 4.56. The van der Waals surface area contributed by atoms with E-state index >= 15 is 0 Å². The van der Waals surface area contributed by atoms with Crippen LogP contribution in [-0.4, -0.2) is 11.7 Å². The molecule has 0 aliphatic rings. The van der Waals surface area contributed by atoms with E-state index in [0.29, 0.717) is 6.42 Å². The van der Waals surface area contributed by atoms with Crippen LogP contribution in [0.1, 0.15) is 12.0 Å². The number of hydrogen-bond donors (Lipinski definition) is 1. The zero-order chi connectivity index (χ0) is 12.6. The summed E-state index contributed by atoms with van der Waals surface area (Å²) in [6, 6.07) is 17.6. The molecule has 0 aliphatic carbocycles. The van der Waals surface area contributed by atoms with Crippen LogP contribution in [0.5, 0.6) is 11.5 Å². The highest BCUT2D eigenvalue weighted by atomic mass is 16.5. The second-order valence-electron chi connectivity index (χ2n) is 3.90. The number of para-hydroxylation sites is 1. The first kappa shape index (κ1) is 12.4. The molecule has 2 aromatic rings. The van der Waals surface area contributed by atoms with Gasteiger partial charge in [-0.2, -0.15) is 0 Å². The predicted molar refractivity (Wildman–Crippen MR) is 73.7 cm³/mol. The van der Waals surface area contributed by atoms with Gasteiger partial charge in [-0.25, -0.2) is 0 Å². The normalized spacial score (nSPS) is 10.7. The summed E-state index contributed by atoms with van der Waals surface area (Å²) < 4.78 is 5.69. The SMILES string of the molecule is OCC/C=C/c1ccc(Oc2ccccc2)cc1. The van der Waals surface area contributed by atoms with Crippen LogP contribution in [0.15, 0.2) is 60.7 Å². The zero-order valence-electron chi connectivity index (χ0n) is 10.1. The molecule has 0 radical (unpaired) electrons. The molecule has 0 aromatic heterocycles. The average Bonchev–Trinajstić information content (AvgIpc) is 2.42. The third kappa shape index (κ3) is 3.75. The van der Waals surface area contributed by atoms with E-state index in [2.05, 4.69) is 0 Å². The summed E-state index contributed by atoms with van der Waals surface area (Å²) in [6.45, 7) is 0.186. The molecule has 0 saturated carbocycles. The first-order chi connectivity index (χ1) is 8.88. The molecule has 1 N–H and O–H groups in total. The lowest BCUT2D eigenvalue weighted by Crippen LogP contribution is -1.83. The van der Waals surface area contributed by atoms with E-state index in [1.807, 2.05) is 66.7 Å². The number of rotatable bonds is 5. The predicted octanol–water partition coefficient (Wildman–Crippen LogP) is 3.87. The number of aliphatic hydroxyl groups excluding tert-OH is 1. The van der Waals surface area contributed by atoms with E-state index in [9.17, 15) is 0 Å². The molecule has 18 heavy (non-hydrogen) atoms. The highest BCUT2D eigenvalue weighted by Gasteiger charge is 1.95. The van der Waals surface area contributed by atoms with Gasteiger partial charge in [0.05, 0.1) is 0 Å². The van der Waals surface area contributed by atoms with E-state index < -0.39 is 0 Å².